The summed E-state index contributed by atoms with van der Waals surface area (Å²) in [6.07, 6.45) is 1.60. The Morgan fingerprint density at radius 2 is 1.79 bits per heavy atom. The topological polar surface area (TPSA) is 71.1 Å². The zero-order valence-corrected chi connectivity index (χ0v) is 20.2. The monoisotopic (exact) mass is 479 g/mol. The smallest absolute Gasteiger partial charge is 0.322 e. The minimum atomic E-state index is -0.424. The van der Waals surface area contributed by atoms with Gasteiger partial charge in [0, 0.05) is 24.0 Å². The van der Waals surface area contributed by atoms with Crippen molar-refractivity contribution in [3.8, 4) is 11.5 Å². The Balaban J connectivity index is 1.75. The summed E-state index contributed by atoms with van der Waals surface area (Å²) in [4.78, 5) is 30.7. The molecule has 0 radical (unpaired) electrons. The third kappa shape index (κ3) is 6.86. The second-order valence-electron chi connectivity index (χ2n) is 7.48. The van der Waals surface area contributed by atoms with Crippen molar-refractivity contribution in [3.63, 3.8) is 0 Å². The van der Waals surface area contributed by atoms with E-state index < -0.39 is 6.03 Å². The van der Waals surface area contributed by atoms with Crippen LogP contribution in [0.5, 0.6) is 11.5 Å². The van der Waals surface area contributed by atoms with Crippen molar-refractivity contribution in [2.24, 2.45) is 0 Å². The number of nitrogens with one attached hydrogen (secondary N) is 1. The van der Waals surface area contributed by atoms with Crippen LogP contribution in [0.3, 0.4) is 0 Å². The summed E-state index contributed by atoms with van der Waals surface area (Å²) in [5.74, 6) is 0.912. The molecule has 0 aliphatic rings. The third-order valence-electron chi connectivity index (χ3n) is 5.11. The van der Waals surface area contributed by atoms with Gasteiger partial charge in [0.25, 0.3) is 0 Å². The molecule has 3 rings (SSSR count). The molecule has 0 saturated carbocycles. The Morgan fingerprint density at radius 1 is 1.00 bits per heavy atom. The van der Waals surface area contributed by atoms with Gasteiger partial charge in [-0.2, -0.15) is 0 Å². The van der Waals surface area contributed by atoms with Gasteiger partial charge >= 0.3 is 6.03 Å². The highest BCUT2D eigenvalue weighted by molar-refractivity contribution is 7.09. The van der Waals surface area contributed by atoms with E-state index in [9.17, 15) is 9.59 Å². The predicted octanol–water partition coefficient (Wildman–Crippen LogP) is 5.01. The van der Waals surface area contributed by atoms with Gasteiger partial charge in [-0.05, 0) is 29.1 Å². The highest BCUT2D eigenvalue weighted by Gasteiger charge is 2.22. The van der Waals surface area contributed by atoms with Crippen LogP contribution >= 0.6 is 11.3 Å². The first-order chi connectivity index (χ1) is 16.5. The average Bonchev–Trinajstić information content (AvgIpc) is 3.37. The van der Waals surface area contributed by atoms with Crippen LogP contribution in [0.1, 0.15) is 10.4 Å². The summed E-state index contributed by atoms with van der Waals surface area (Å²) in [6.45, 7) is 4.79. The standard InChI is InChI=1S/C26H29N3O4S/c1-4-14-28(26(31)27-23-13-12-21(32-2)16-24(23)33-3)19-25(30)29(18-22-11-8-15-34-22)17-20-9-6-5-7-10-20/h4-13,15-16H,1,14,17-19H2,2-3H3,(H,27,31). The summed E-state index contributed by atoms with van der Waals surface area (Å²) in [6, 6.07) is 18.5. The van der Waals surface area contributed by atoms with Gasteiger partial charge in [-0.1, -0.05) is 42.5 Å². The van der Waals surface area contributed by atoms with Gasteiger partial charge in [0.15, 0.2) is 0 Å². The van der Waals surface area contributed by atoms with E-state index in [2.05, 4.69) is 11.9 Å². The van der Waals surface area contributed by atoms with Gasteiger partial charge < -0.3 is 24.6 Å². The van der Waals surface area contributed by atoms with Crippen molar-refractivity contribution >= 4 is 29.0 Å². The number of ether oxygens (including phenoxy) is 2. The van der Waals surface area contributed by atoms with Crippen LogP contribution < -0.4 is 14.8 Å². The maximum Gasteiger partial charge on any atom is 0.322 e. The molecule has 34 heavy (non-hydrogen) atoms. The molecule has 0 bridgehead atoms. The number of urea groups is 1. The van der Waals surface area contributed by atoms with Crippen molar-refractivity contribution in [2.45, 2.75) is 13.1 Å². The molecular weight excluding hydrogens is 450 g/mol. The van der Waals surface area contributed by atoms with Gasteiger partial charge in [0.1, 0.15) is 18.0 Å². The van der Waals surface area contributed by atoms with E-state index in [0.717, 1.165) is 10.4 Å². The SMILES string of the molecule is C=CCN(CC(=O)N(Cc1ccccc1)Cc1cccs1)C(=O)Nc1ccc(OC)cc1OC. The molecule has 7 nitrogen and oxygen atoms in total. The Bertz CT molecular complexity index is 1090. The lowest BCUT2D eigenvalue weighted by Crippen LogP contribution is -2.44. The second kappa shape index (κ2) is 12.5. The number of nitrogens with zero attached hydrogens (tertiary/aromatic N) is 2. The van der Waals surface area contributed by atoms with E-state index in [4.69, 9.17) is 9.47 Å². The molecule has 0 aliphatic carbocycles. The van der Waals surface area contributed by atoms with Crippen LogP contribution in [0.15, 0.2) is 78.7 Å². The third-order valence-corrected chi connectivity index (χ3v) is 5.97. The number of benzene rings is 2. The number of rotatable bonds is 11. The normalized spacial score (nSPS) is 10.3. The van der Waals surface area contributed by atoms with Gasteiger partial charge in [0.05, 0.1) is 26.5 Å². The summed E-state index contributed by atoms with van der Waals surface area (Å²) < 4.78 is 10.6. The van der Waals surface area contributed by atoms with E-state index in [1.165, 1.54) is 12.0 Å². The molecule has 0 spiro atoms. The summed E-state index contributed by atoms with van der Waals surface area (Å²) >= 11 is 1.60. The lowest BCUT2D eigenvalue weighted by atomic mass is 10.2. The molecule has 1 heterocycles. The lowest BCUT2D eigenvalue weighted by molar-refractivity contribution is -0.132. The molecule has 1 aromatic heterocycles. The van der Waals surface area contributed by atoms with E-state index in [1.807, 2.05) is 47.8 Å². The molecule has 0 fully saturated rings. The highest BCUT2D eigenvalue weighted by Crippen LogP contribution is 2.29. The second-order valence-corrected chi connectivity index (χ2v) is 8.51. The molecule has 8 heteroatoms. The molecule has 3 aromatic rings. The zero-order chi connectivity index (χ0) is 24.3. The molecule has 0 saturated heterocycles. The Morgan fingerprint density at radius 3 is 2.44 bits per heavy atom. The molecule has 178 valence electrons. The molecule has 1 N–H and O–H groups in total. The average molecular weight is 480 g/mol. The first-order valence-corrected chi connectivity index (χ1v) is 11.6. The fourth-order valence-corrected chi connectivity index (χ4v) is 4.08. The number of anilines is 1. The Hall–Kier alpha value is -3.78. The van der Waals surface area contributed by atoms with Crippen LogP contribution in [0.2, 0.25) is 0 Å². The van der Waals surface area contributed by atoms with E-state index >= 15 is 0 Å². The maximum atomic E-state index is 13.4. The Labute approximate surface area is 204 Å². The van der Waals surface area contributed by atoms with Crippen molar-refractivity contribution in [2.75, 3.05) is 32.6 Å². The van der Waals surface area contributed by atoms with Gasteiger partial charge in [0.2, 0.25) is 5.91 Å². The maximum absolute atomic E-state index is 13.4. The first-order valence-electron chi connectivity index (χ1n) is 10.8. The van der Waals surface area contributed by atoms with Crippen molar-refractivity contribution in [1.82, 2.24) is 9.80 Å². The summed E-state index contributed by atoms with van der Waals surface area (Å²) in [5.41, 5.74) is 1.50. The molecule has 0 aliphatic heterocycles. The minimum absolute atomic E-state index is 0.0888. The van der Waals surface area contributed by atoms with Gasteiger partial charge in [-0.25, -0.2) is 4.79 Å². The first kappa shape index (κ1) is 24.9. The fraction of sp³-hybridized carbons (Fsp3) is 0.231. The molecular formula is C26H29N3O4S. The summed E-state index contributed by atoms with van der Waals surface area (Å²) in [5, 5.41) is 4.81. The number of methoxy groups -OCH3 is 2. The molecule has 3 amide bonds. The zero-order valence-electron chi connectivity index (χ0n) is 19.4. The fourth-order valence-electron chi connectivity index (χ4n) is 3.36. The number of amides is 3. The van der Waals surface area contributed by atoms with E-state index in [0.29, 0.717) is 30.3 Å². The lowest BCUT2D eigenvalue weighted by Gasteiger charge is -2.27. The van der Waals surface area contributed by atoms with Crippen molar-refractivity contribution < 1.29 is 19.1 Å². The minimum Gasteiger partial charge on any atom is -0.497 e. The van der Waals surface area contributed by atoms with E-state index in [1.54, 1.807) is 47.6 Å². The number of carbonyl (C=O) groups excluding carboxylic acids is 2. The van der Waals surface area contributed by atoms with Crippen molar-refractivity contribution in [3.05, 3.63) is 89.1 Å². The van der Waals surface area contributed by atoms with Crippen LogP contribution in [0.25, 0.3) is 0 Å². The largest absolute Gasteiger partial charge is 0.497 e. The molecule has 2 aromatic carbocycles. The van der Waals surface area contributed by atoms with Crippen LogP contribution in [-0.2, 0) is 17.9 Å². The molecule has 0 atom stereocenters. The number of hydrogen-bond donors (Lipinski definition) is 1. The van der Waals surface area contributed by atoms with Crippen molar-refractivity contribution in [1.29, 1.82) is 0 Å². The van der Waals surface area contributed by atoms with E-state index in [-0.39, 0.29) is 19.0 Å². The number of hydrogen-bond acceptors (Lipinski definition) is 5. The quantitative estimate of drug-likeness (QED) is 0.392. The Kier molecular flexibility index (Phi) is 9.11. The number of carbonyl (C=O) groups is 2. The predicted molar refractivity (Wildman–Crippen MR) is 135 cm³/mol. The van der Waals surface area contributed by atoms with Crippen LogP contribution in [-0.4, -0.2) is 49.0 Å². The molecule has 0 unspecified atom stereocenters. The van der Waals surface area contributed by atoms with Gasteiger partial charge in [-0.15, -0.1) is 17.9 Å². The van der Waals surface area contributed by atoms with Crippen LogP contribution in [0, 0.1) is 0 Å². The highest BCUT2D eigenvalue weighted by atomic mass is 32.1. The van der Waals surface area contributed by atoms with Crippen LogP contribution in [0.4, 0.5) is 10.5 Å². The number of thiophene rings is 1. The van der Waals surface area contributed by atoms with Gasteiger partial charge in [-0.3, -0.25) is 4.79 Å². The summed E-state index contributed by atoms with van der Waals surface area (Å²) in [7, 11) is 3.07.